The first-order valence-corrected chi connectivity index (χ1v) is 5.74. The highest BCUT2D eigenvalue weighted by molar-refractivity contribution is 5.80. The summed E-state index contributed by atoms with van der Waals surface area (Å²) in [7, 11) is 1.53. The van der Waals surface area contributed by atoms with Crippen LogP contribution in [-0.2, 0) is 4.79 Å². The zero-order chi connectivity index (χ0) is 13.8. The van der Waals surface area contributed by atoms with Crippen LogP contribution in [0, 0.1) is 5.82 Å². The van der Waals surface area contributed by atoms with Gasteiger partial charge >= 0.3 is 5.97 Å². The highest BCUT2D eigenvalue weighted by atomic mass is 19.1. The summed E-state index contributed by atoms with van der Waals surface area (Å²) in [6.07, 6.45) is 0. The summed E-state index contributed by atoms with van der Waals surface area (Å²) in [4.78, 5) is 11.4. The SMILES string of the molecule is COc1ccc(C(C(=O)O)c2ccccc2F)cc1. The van der Waals surface area contributed by atoms with Crippen LogP contribution in [0.3, 0.4) is 0 Å². The smallest absolute Gasteiger partial charge is 0.315 e. The Morgan fingerprint density at radius 1 is 1.16 bits per heavy atom. The molecule has 0 radical (unpaired) electrons. The highest BCUT2D eigenvalue weighted by Gasteiger charge is 2.24. The molecule has 2 rings (SSSR count). The van der Waals surface area contributed by atoms with Crippen molar-refractivity contribution < 1.29 is 19.0 Å². The molecule has 0 spiro atoms. The molecular weight excluding hydrogens is 247 g/mol. The summed E-state index contributed by atoms with van der Waals surface area (Å²) in [6, 6.07) is 12.5. The maximum atomic E-state index is 13.7. The Morgan fingerprint density at radius 3 is 2.32 bits per heavy atom. The van der Waals surface area contributed by atoms with Crippen LogP contribution in [0.2, 0.25) is 0 Å². The molecular formula is C15H13FO3. The molecule has 0 fully saturated rings. The Bertz CT molecular complexity index is 578. The van der Waals surface area contributed by atoms with E-state index in [2.05, 4.69) is 0 Å². The molecule has 0 saturated carbocycles. The molecule has 4 heteroatoms. The number of halogens is 1. The first-order valence-electron chi connectivity index (χ1n) is 5.74. The van der Waals surface area contributed by atoms with Crippen molar-refractivity contribution in [3.05, 3.63) is 65.5 Å². The van der Waals surface area contributed by atoms with Crippen molar-refractivity contribution in [2.75, 3.05) is 7.11 Å². The number of aliphatic carboxylic acids is 1. The lowest BCUT2D eigenvalue weighted by atomic mass is 9.91. The molecule has 0 amide bonds. The van der Waals surface area contributed by atoms with Gasteiger partial charge in [-0.2, -0.15) is 0 Å². The number of methoxy groups -OCH3 is 1. The average Bonchev–Trinajstić information content (AvgIpc) is 2.42. The predicted octanol–water partition coefficient (Wildman–Crippen LogP) is 3.05. The van der Waals surface area contributed by atoms with Gasteiger partial charge < -0.3 is 9.84 Å². The molecule has 0 saturated heterocycles. The fraction of sp³-hybridized carbons (Fsp3) is 0.133. The molecule has 3 nitrogen and oxygen atoms in total. The fourth-order valence-corrected chi connectivity index (χ4v) is 1.96. The fourth-order valence-electron chi connectivity index (χ4n) is 1.96. The summed E-state index contributed by atoms with van der Waals surface area (Å²) in [6.45, 7) is 0. The second-order valence-electron chi connectivity index (χ2n) is 4.07. The largest absolute Gasteiger partial charge is 0.497 e. The monoisotopic (exact) mass is 260 g/mol. The third-order valence-corrected chi connectivity index (χ3v) is 2.91. The Kier molecular flexibility index (Phi) is 3.80. The van der Waals surface area contributed by atoms with E-state index in [9.17, 15) is 14.3 Å². The first kappa shape index (κ1) is 13.1. The molecule has 1 N–H and O–H groups in total. The van der Waals surface area contributed by atoms with E-state index in [4.69, 9.17) is 4.74 Å². The summed E-state index contributed by atoms with van der Waals surface area (Å²) in [5.41, 5.74) is 0.665. The molecule has 0 heterocycles. The Labute approximate surface area is 110 Å². The molecule has 0 aliphatic rings. The lowest BCUT2D eigenvalue weighted by molar-refractivity contribution is -0.137. The minimum atomic E-state index is -1.09. The predicted molar refractivity (Wildman–Crippen MR) is 68.9 cm³/mol. The van der Waals surface area contributed by atoms with Crippen molar-refractivity contribution in [3.63, 3.8) is 0 Å². The van der Waals surface area contributed by atoms with Gasteiger partial charge in [0.25, 0.3) is 0 Å². The van der Waals surface area contributed by atoms with E-state index >= 15 is 0 Å². The van der Waals surface area contributed by atoms with Crippen LogP contribution in [0.1, 0.15) is 17.0 Å². The van der Waals surface area contributed by atoms with Crippen LogP contribution in [0.15, 0.2) is 48.5 Å². The van der Waals surface area contributed by atoms with Gasteiger partial charge in [-0.05, 0) is 23.8 Å². The quantitative estimate of drug-likeness (QED) is 0.919. The zero-order valence-electron chi connectivity index (χ0n) is 10.3. The minimum Gasteiger partial charge on any atom is -0.497 e. The van der Waals surface area contributed by atoms with Gasteiger partial charge in [0.1, 0.15) is 17.5 Å². The third kappa shape index (κ3) is 2.73. The second kappa shape index (κ2) is 5.52. The van der Waals surface area contributed by atoms with Crippen LogP contribution >= 0.6 is 0 Å². The molecule has 1 atom stereocenters. The number of carbonyl (C=O) groups is 1. The van der Waals surface area contributed by atoms with Gasteiger partial charge in [0, 0.05) is 5.56 Å². The van der Waals surface area contributed by atoms with Crippen LogP contribution in [0.4, 0.5) is 4.39 Å². The van der Waals surface area contributed by atoms with Crippen molar-refractivity contribution in [3.8, 4) is 5.75 Å². The number of hydrogen-bond acceptors (Lipinski definition) is 2. The van der Waals surface area contributed by atoms with Crippen LogP contribution < -0.4 is 4.74 Å². The van der Waals surface area contributed by atoms with E-state index < -0.39 is 17.7 Å². The molecule has 98 valence electrons. The molecule has 19 heavy (non-hydrogen) atoms. The Hall–Kier alpha value is -2.36. The van der Waals surface area contributed by atoms with Gasteiger partial charge in [0.15, 0.2) is 0 Å². The highest BCUT2D eigenvalue weighted by Crippen LogP contribution is 2.28. The topological polar surface area (TPSA) is 46.5 Å². The normalized spacial score (nSPS) is 11.9. The van der Waals surface area contributed by atoms with Crippen molar-refractivity contribution in [2.24, 2.45) is 0 Å². The van der Waals surface area contributed by atoms with Gasteiger partial charge in [-0.25, -0.2) is 4.39 Å². The molecule has 0 aromatic heterocycles. The Morgan fingerprint density at radius 2 is 1.79 bits per heavy atom. The summed E-state index contributed by atoms with van der Waals surface area (Å²) in [5, 5.41) is 9.33. The molecule has 0 bridgehead atoms. The number of carboxylic acid groups (broad SMARTS) is 1. The minimum absolute atomic E-state index is 0.153. The van der Waals surface area contributed by atoms with Gasteiger partial charge in [-0.15, -0.1) is 0 Å². The number of rotatable bonds is 4. The van der Waals surface area contributed by atoms with Gasteiger partial charge in [0.05, 0.1) is 7.11 Å². The van der Waals surface area contributed by atoms with E-state index in [1.807, 2.05) is 0 Å². The van der Waals surface area contributed by atoms with Crippen molar-refractivity contribution in [1.29, 1.82) is 0 Å². The first-order chi connectivity index (χ1) is 9.13. The van der Waals surface area contributed by atoms with Gasteiger partial charge in [-0.1, -0.05) is 30.3 Å². The summed E-state index contributed by atoms with van der Waals surface area (Å²) >= 11 is 0. The number of carboxylic acids is 1. The maximum absolute atomic E-state index is 13.7. The van der Waals surface area contributed by atoms with Gasteiger partial charge in [0.2, 0.25) is 0 Å². The molecule has 1 unspecified atom stereocenters. The second-order valence-corrected chi connectivity index (χ2v) is 4.07. The van der Waals surface area contributed by atoms with Crippen molar-refractivity contribution in [2.45, 2.75) is 5.92 Å². The number of benzene rings is 2. The Balaban J connectivity index is 2.46. The van der Waals surface area contributed by atoms with Crippen LogP contribution in [-0.4, -0.2) is 18.2 Å². The number of hydrogen-bond donors (Lipinski definition) is 1. The molecule has 2 aromatic carbocycles. The zero-order valence-corrected chi connectivity index (χ0v) is 10.3. The average molecular weight is 260 g/mol. The summed E-state index contributed by atoms with van der Waals surface area (Å²) in [5.74, 6) is -2.01. The van der Waals surface area contributed by atoms with E-state index in [-0.39, 0.29) is 5.56 Å². The van der Waals surface area contributed by atoms with Crippen LogP contribution in [0.25, 0.3) is 0 Å². The number of ether oxygens (including phenoxy) is 1. The summed E-state index contributed by atoms with van der Waals surface area (Å²) < 4.78 is 18.8. The third-order valence-electron chi connectivity index (χ3n) is 2.91. The maximum Gasteiger partial charge on any atom is 0.315 e. The van der Waals surface area contributed by atoms with Crippen molar-refractivity contribution >= 4 is 5.97 Å². The lowest BCUT2D eigenvalue weighted by Crippen LogP contribution is -2.14. The molecule has 0 aliphatic carbocycles. The lowest BCUT2D eigenvalue weighted by Gasteiger charge is -2.14. The molecule has 2 aromatic rings. The standard InChI is InChI=1S/C15H13FO3/c1-19-11-8-6-10(7-9-11)14(15(17)18)12-4-2-3-5-13(12)16/h2-9,14H,1H3,(H,17,18). The van der Waals surface area contributed by atoms with Crippen molar-refractivity contribution in [1.82, 2.24) is 0 Å². The molecule has 0 aliphatic heterocycles. The van der Waals surface area contributed by atoms with E-state index in [1.165, 1.54) is 25.3 Å². The van der Waals surface area contributed by atoms with Gasteiger partial charge in [-0.3, -0.25) is 4.79 Å². The van der Waals surface area contributed by atoms with E-state index in [0.717, 1.165) is 0 Å². The van der Waals surface area contributed by atoms with E-state index in [1.54, 1.807) is 30.3 Å². The van der Waals surface area contributed by atoms with Crippen LogP contribution in [0.5, 0.6) is 5.75 Å². The van der Waals surface area contributed by atoms with E-state index in [0.29, 0.717) is 11.3 Å².